The summed E-state index contributed by atoms with van der Waals surface area (Å²) in [7, 11) is 1.75. The van der Waals surface area contributed by atoms with E-state index in [9.17, 15) is 4.79 Å². The summed E-state index contributed by atoms with van der Waals surface area (Å²) in [5.41, 5.74) is 4.01. The Labute approximate surface area is 195 Å². The van der Waals surface area contributed by atoms with Gasteiger partial charge in [0.05, 0.1) is 5.69 Å². The Morgan fingerprint density at radius 2 is 1.97 bits per heavy atom. The fraction of sp³-hybridized carbons (Fsp3) is 0.500. The molecule has 8 heteroatoms. The van der Waals surface area contributed by atoms with Gasteiger partial charge in [-0.1, -0.05) is 37.6 Å². The molecule has 3 N–H and O–H groups in total. The second-order valence-corrected chi connectivity index (χ2v) is 7.33. The minimum absolute atomic E-state index is 0. The molecule has 0 radical (unpaired) electrons. The SMILES string of the molecule is CCc1noc(CC)c1CNC(=NC)NCc1cccc(NC(=O)C2CCC2)c1.I. The number of anilines is 1. The number of halogens is 1. The molecule has 3 rings (SSSR count). The number of amides is 1. The van der Waals surface area contributed by atoms with Gasteiger partial charge in [0.15, 0.2) is 5.96 Å². The van der Waals surface area contributed by atoms with Crippen molar-refractivity contribution in [2.24, 2.45) is 10.9 Å². The van der Waals surface area contributed by atoms with Crippen molar-refractivity contribution in [2.75, 3.05) is 12.4 Å². The number of carbonyl (C=O) groups is 1. The highest BCUT2D eigenvalue weighted by molar-refractivity contribution is 14.0. The molecular formula is C22H32IN5O2. The lowest BCUT2D eigenvalue weighted by Gasteiger charge is -2.24. The molecule has 1 aromatic heterocycles. The third kappa shape index (κ3) is 6.20. The van der Waals surface area contributed by atoms with E-state index in [2.05, 4.69) is 39.9 Å². The number of hydrogen-bond donors (Lipinski definition) is 3. The summed E-state index contributed by atoms with van der Waals surface area (Å²) in [6.45, 7) is 5.36. The molecule has 1 amide bonds. The van der Waals surface area contributed by atoms with Crippen LogP contribution in [0.3, 0.4) is 0 Å². The van der Waals surface area contributed by atoms with Gasteiger partial charge in [-0.05, 0) is 37.0 Å². The Bertz CT molecular complexity index is 839. The van der Waals surface area contributed by atoms with Crippen LogP contribution in [0.5, 0.6) is 0 Å². The minimum Gasteiger partial charge on any atom is -0.361 e. The van der Waals surface area contributed by atoms with Gasteiger partial charge in [-0.2, -0.15) is 0 Å². The van der Waals surface area contributed by atoms with Crippen LogP contribution < -0.4 is 16.0 Å². The number of guanidine groups is 1. The van der Waals surface area contributed by atoms with Crippen LogP contribution in [0.2, 0.25) is 0 Å². The maximum atomic E-state index is 12.2. The number of aromatic nitrogens is 1. The van der Waals surface area contributed by atoms with E-state index in [4.69, 9.17) is 4.52 Å². The molecule has 0 bridgehead atoms. The molecule has 0 atom stereocenters. The monoisotopic (exact) mass is 525 g/mol. The highest BCUT2D eigenvalue weighted by Crippen LogP contribution is 2.27. The van der Waals surface area contributed by atoms with E-state index in [1.54, 1.807) is 7.05 Å². The van der Waals surface area contributed by atoms with Gasteiger partial charge in [0, 0.05) is 43.7 Å². The van der Waals surface area contributed by atoms with Crippen molar-refractivity contribution < 1.29 is 9.32 Å². The number of hydrogen-bond acceptors (Lipinski definition) is 4. The largest absolute Gasteiger partial charge is 0.361 e. The molecule has 7 nitrogen and oxygen atoms in total. The van der Waals surface area contributed by atoms with Crippen molar-refractivity contribution in [2.45, 2.75) is 59.0 Å². The van der Waals surface area contributed by atoms with Gasteiger partial charge in [0.2, 0.25) is 5.91 Å². The number of aliphatic imine (C=N–C) groups is 1. The van der Waals surface area contributed by atoms with Gasteiger partial charge in [-0.25, -0.2) is 0 Å². The second-order valence-electron chi connectivity index (χ2n) is 7.33. The van der Waals surface area contributed by atoms with E-state index in [1.165, 1.54) is 0 Å². The summed E-state index contributed by atoms with van der Waals surface area (Å²) in [5, 5.41) is 13.8. The summed E-state index contributed by atoms with van der Waals surface area (Å²) in [6, 6.07) is 7.92. The van der Waals surface area contributed by atoms with Gasteiger partial charge >= 0.3 is 0 Å². The fourth-order valence-corrected chi connectivity index (χ4v) is 3.39. The van der Waals surface area contributed by atoms with Gasteiger partial charge < -0.3 is 20.5 Å². The summed E-state index contributed by atoms with van der Waals surface area (Å²) < 4.78 is 5.42. The third-order valence-corrected chi connectivity index (χ3v) is 5.39. The Hall–Kier alpha value is -2.10. The first-order valence-corrected chi connectivity index (χ1v) is 10.4. The number of carbonyl (C=O) groups excluding carboxylic acids is 1. The van der Waals surface area contributed by atoms with Gasteiger partial charge in [-0.3, -0.25) is 9.79 Å². The molecular weight excluding hydrogens is 493 g/mol. The first kappa shape index (κ1) is 24.2. The van der Waals surface area contributed by atoms with Crippen LogP contribution in [-0.4, -0.2) is 24.1 Å². The number of nitrogens with one attached hydrogen (secondary N) is 3. The highest BCUT2D eigenvalue weighted by Gasteiger charge is 2.25. The standard InChI is InChI=1S/C22H31N5O2.HI/c1-4-19-18(20(5-2)29-27-19)14-25-22(23-3)24-13-15-8-6-11-17(12-15)26-21(28)16-9-7-10-16;/h6,8,11-12,16H,4-5,7,9-10,13-14H2,1-3H3,(H,26,28)(H2,23,24,25);1H. The lowest BCUT2D eigenvalue weighted by Crippen LogP contribution is -2.36. The van der Waals surface area contributed by atoms with Crippen molar-refractivity contribution in [1.82, 2.24) is 15.8 Å². The van der Waals surface area contributed by atoms with Gasteiger partial charge in [0.1, 0.15) is 5.76 Å². The highest BCUT2D eigenvalue weighted by atomic mass is 127. The summed E-state index contributed by atoms with van der Waals surface area (Å²) >= 11 is 0. The van der Waals surface area contributed by atoms with Crippen molar-refractivity contribution in [3.8, 4) is 0 Å². The van der Waals surface area contributed by atoms with E-state index in [0.717, 1.165) is 60.4 Å². The minimum atomic E-state index is 0. The van der Waals surface area contributed by atoms with E-state index in [-0.39, 0.29) is 35.8 Å². The molecule has 1 aliphatic carbocycles. The lowest BCUT2D eigenvalue weighted by atomic mass is 9.85. The zero-order chi connectivity index (χ0) is 20.6. The zero-order valence-electron chi connectivity index (χ0n) is 18.0. The Morgan fingerprint density at radius 3 is 2.60 bits per heavy atom. The number of benzene rings is 1. The van der Waals surface area contributed by atoms with E-state index >= 15 is 0 Å². The quantitative estimate of drug-likeness (QED) is 0.275. The van der Waals surface area contributed by atoms with Crippen molar-refractivity contribution in [1.29, 1.82) is 0 Å². The molecule has 1 heterocycles. The smallest absolute Gasteiger partial charge is 0.227 e. The molecule has 0 aliphatic heterocycles. The summed E-state index contributed by atoms with van der Waals surface area (Å²) in [5.74, 6) is 1.93. The third-order valence-electron chi connectivity index (χ3n) is 5.39. The molecule has 1 aromatic carbocycles. The lowest BCUT2D eigenvalue weighted by molar-refractivity contribution is -0.122. The Kier molecular flexibility index (Phi) is 9.61. The van der Waals surface area contributed by atoms with Crippen LogP contribution in [-0.2, 0) is 30.7 Å². The maximum Gasteiger partial charge on any atom is 0.227 e. The predicted octanol–water partition coefficient (Wildman–Crippen LogP) is 4.02. The maximum absolute atomic E-state index is 12.2. The number of aryl methyl sites for hydroxylation is 2. The van der Waals surface area contributed by atoms with Crippen LogP contribution in [0, 0.1) is 5.92 Å². The molecule has 0 saturated heterocycles. The molecule has 164 valence electrons. The van der Waals surface area contributed by atoms with E-state index in [0.29, 0.717) is 19.0 Å². The number of rotatable bonds is 8. The Balaban J connectivity index is 0.00000320. The molecule has 0 spiro atoms. The average Bonchev–Trinajstić information content (AvgIpc) is 3.09. The van der Waals surface area contributed by atoms with Crippen LogP contribution >= 0.6 is 24.0 Å². The first-order chi connectivity index (χ1) is 14.1. The van der Waals surface area contributed by atoms with Crippen molar-refractivity contribution >= 4 is 41.5 Å². The summed E-state index contributed by atoms with van der Waals surface area (Å²) in [6.07, 6.45) is 4.81. The predicted molar refractivity (Wildman–Crippen MR) is 130 cm³/mol. The van der Waals surface area contributed by atoms with Crippen molar-refractivity contribution in [3.63, 3.8) is 0 Å². The fourth-order valence-electron chi connectivity index (χ4n) is 3.39. The second kappa shape index (κ2) is 11.9. The molecule has 2 aromatic rings. The van der Waals surface area contributed by atoms with Crippen LogP contribution in [0.25, 0.3) is 0 Å². The van der Waals surface area contributed by atoms with Gasteiger partial charge in [-0.15, -0.1) is 24.0 Å². The van der Waals surface area contributed by atoms with Crippen molar-refractivity contribution in [3.05, 3.63) is 46.8 Å². The van der Waals surface area contributed by atoms with Crippen LogP contribution in [0.4, 0.5) is 5.69 Å². The normalized spacial score (nSPS) is 13.9. The molecule has 1 fully saturated rings. The topological polar surface area (TPSA) is 91.6 Å². The molecule has 1 aliphatic rings. The first-order valence-electron chi connectivity index (χ1n) is 10.4. The number of nitrogens with zero attached hydrogens (tertiary/aromatic N) is 2. The zero-order valence-corrected chi connectivity index (χ0v) is 20.3. The molecule has 0 unspecified atom stereocenters. The molecule has 30 heavy (non-hydrogen) atoms. The van der Waals surface area contributed by atoms with E-state index in [1.807, 2.05) is 24.3 Å². The van der Waals surface area contributed by atoms with E-state index < -0.39 is 0 Å². The average molecular weight is 525 g/mol. The summed E-state index contributed by atoms with van der Waals surface area (Å²) in [4.78, 5) is 16.5. The van der Waals surface area contributed by atoms with Gasteiger partial charge in [0.25, 0.3) is 0 Å². The Morgan fingerprint density at radius 1 is 1.20 bits per heavy atom. The van der Waals surface area contributed by atoms with Crippen LogP contribution in [0.15, 0.2) is 33.8 Å². The molecule has 1 saturated carbocycles. The van der Waals surface area contributed by atoms with Crippen LogP contribution in [0.1, 0.15) is 55.7 Å².